The van der Waals surface area contributed by atoms with Crippen LogP contribution in [0.15, 0.2) is 21.3 Å². The molecule has 6 rings (SSSR count). The summed E-state index contributed by atoms with van der Waals surface area (Å²) in [5, 5.41) is 4.64. The predicted molar refractivity (Wildman–Crippen MR) is 119 cm³/mol. The van der Waals surface area contributed by atoms with Gasteiger partial charge in [0, 0.05) is 41.7 Å². The molecule has 4 heterocycles. The molecule has 1 unspecified atom stereocenters. The normalized spacial score (nSPS) is 29.0. The number of nitrogens with zero attached hydrogens (tertiary/aromatic N) is 1. The van der Waals surface area contributed by atoms with Gasteiger partial charge >= 0.3 is 5.63 Å². The molecule has 3 saturated heterocycles. The fourth-order valence-electron chi connectivity index (χ4n) is 6.36. The van der Waals surface area contributed by atoms with Gasteiger partial charge in [0.15, 0.2) is 6.61 Å². The van der Waals surface area contributed by atoms with Gasteiger partial charge in [-0.15, -0.1) is 0 Å². The maximum atomic E-state index is 13.0. The molecule has 7 heteroatoms. The molecule has 170 valence electrons. The molecule has 3 fully saturated rings. The molecule has 1 amide bonds. The van der Waals surface area contributed by atoms with Crippen molar-refractivity contribution >= 4 is 16.9 Å². The van der Waals surface area contributed by atoms with Crippen LogP contribution in [0.1, 0.15) is 48.8 Å². The van der Waals surface area contributed by atoms with Crippen LogP contribution in [0.5, 0.6) is 5.75 Å². The van der Waals surface area contributed by atoms with Gasteiger partial charge < -0.3 is 24.1 Å². The molecule has 2 bridgehead atoms. The summed E-state index contributed by atoms with van der Waals surface area (Å²) in [4.78, 5) is 27.3. The Morgan fingerprint density at radius 2 is 2.00 bits per heavy atom. The molecule has 32 heavy (non-hydrogen) atoms. The van der Waals surface area contributed by atoms with Crippen molar-refractivity contribution in [3.8, 4) is 5.75 Å². The van der Waals surface area contributed by atoms with Crippen LogP contribution in [0.25, 0.3) is 11.0 Å². The first-order valence-electron chi connectivity index (χ1n) is 11.9. The molecule has 1 aliphatic carbocycles. The van der Waals surface area contributed by atoms with Crippen molar-refractivity contribution in [2.75, 3.05) is 26.3 Å². The highest BCUT2D eigenvalue weighted by molar-refractivity contribution is 5.86. The van der Waals surface area contributed by atoms with Gasteiger partial charge in [0.05, 0.1) is 12.2 Å². The molecule has 7 nitrogen and oxygen atoms in total. The summed E-state index contributed by atoms with van der Waals surface area (Å²) < 4.78 is 17.8. The standard InChI is InChI=1S/C25H30N2O5/c1-15-21(8-7-19-18-3-2-4-20(18)24(29)32-23(15)19)30-13-22(28)27-9-10-31-25(14-27)11-16-5-6-17(12-25)26-16/h7-8,16-17,26H,2-6,9-14H2,1H3/t16-,17+,25?. The number of morpholine rings is 1. The van der Waals surface area contributed by atoms with Crippen LogP contribution in [-0.2, 0) is 22.4 Å². The number of ether oxygens (including phenoxy) is 2. The van der Waals surface area contributed by atoms with Gasteiger partial charge in [0.1, 0.15) is 11.3 Å². The van der Waals surface area contributed by atoms with Crippen LogP contribution in [0.3, 0.4) is 0 Å². The molecule has 3 atom stereocenters. The lowest BCUT2D eigenvalue weighted by atomic mass is 9.85. The highest BCUT2D eigenvalue weighted by atomic mass is 16.5. The molecule has 1 N–H and O–H groups in total. The number of amides is 1. The topological polar surface area (TPSA) is 81.0 Å². The molecule has 0 radical (unpaired) electrons. The summed E-state index contributed by atoms with van der Waals surface area (Å²) in [6, 6.07) is 4.88. The van der Waals surface area contributed by atoms with Crippen LogP contribution in [-0.4, -0.2) is 54.8 Å². The third kappa shape index (κ3) is 3.33. The van der Waals surface area contributed by atoms with E-state index in [-0.39, 0.29) is 23.7 Å². The Bertz CT molecular complexity index is 1130. The fourth-order valence-corrected chi connectivity index (χ4v) is 6.36. The molecule has 2 aromatic rings. The molecule has 0 saturated carbocycles. The first kappa shape index (κ1) is 20.2. The van der Waals surface area contributed by atoms with Crippen molar-refractivity contribution in [3.05, 3.63) is 39.2 Å². The Balaban J connectivity index is 1.17. The number of aryl methyl sites for hydroxylation is 2. The molecule has 1 spiro atoms. The average Bonchev–Trinajstić information content (AvgIpc) is 3.41. The summed E-state index contributed by atoms with van der Waals surface area (Å²) in [6.07, 6.45) is 7.04. The lowest BCUT2D eigenvalue weighted by Gasteiger charge is -2.47. The van der Waals surface area contributed by atoms with Gasteiger partial charge in [0.2, 0.25) is 0 Å². The smallest absolute Gasteiger partial charge is 0.339 e. The van der Waals surface area contributed by atoms with Crippen molar-refractivity contribution in [1.82, 2.24) is 10.2 Å². The van der Waals surface area contributed by atoms with Gasteiger partial charge in [-0.3, -0.25) is 4.79 Å². The lowest BCUT2D eigenvalue weighted by Crippen LogP contribution is -2.60. The van der Waals surface area contributed by atoms with Crippen molar-refractivity contribution in [1.29, 1.82) is 0 Å². The predicted octanol–water partition coefficient (Wildman–Crippen LogP) is 2.48. The minimum Gasteiger partial charge on any atom is -0.483 e. The molecular formula is C25H30N2O5. The van der Waals surface area contributed by atoms with Crippen molar-refractivity contribution in [2.24, 2.45) is 0 Å². The van der Waals surface area contributed by atoms with Crippen molar-refractivity contribution in [3.63, 3.8) is 0 Å². The average molecular weight is 439 g/mol. The zero-order chi connectivity index (χ0) is 21.9. The van der Waals surface area contributed by atoms with Gasteiger partial charge in [-0.2, -0.15) is 0 Å². The number of hydrogen-bond acceptors (Lipinski definition) is 6. The summed E-state index contributed by atoms with van der Waals surface area (Å²) in [7, 11) is 0. The second-order valence-corrected chi connectivity index (χ2v) is 9.95. The molecule has 3 aliphatic heterocycles. The Morgan fingerprint density at radius 3 is 2.81 bits per heavy atom. The zero-order valence-corrected chi connectivity index (χ0v) is 18.6. The minimum absolute atomic E-state index is 0.0199. The monoisotopic (exact) mass is 438 g/mol. The number of carbonyl (C=O) groups excluding carboxylic acids is 1. The van der Waals surface area contributed by atoms with Crippen molar-refractivity contribution < 1.29 is 18.7 Å². The Labute approximate surface area is 187 Å². The second-order valence-electron chi connectivity index (χ2n) is 9.95. The number of benzene rings is 1. The number of piperidine rings is 1. The zero-order valence-electron chi connectivity index (χ0n) is 18.6. The van der Waals surface area contributed by atoms with Gasteiger partial charge in [0.25, 0.3) is 5.91 Å². The Hall–Kier alpha value is -2.38. The van der Waals surface area contributed by atoms with E-state index >= 15 is 0 Å². The summed E-state index contributed by atoms with van der Waals surface area (Å²) in [5.41, 5.74) is 2.82. The quantitative estimate of drug-likeness (QED) is 0.742. The third-order valence-corrected chi connectivity index (χ3v) is 7.86. The largest absolute Gasteiger partial charge is 0.483 e. The van der Waals surface area contributed by atoms with E-state index in [0.29, 0.717) is 43.1 Å². The van der Waals surface area contributed by atoms with Gasteiger partial charge in [-0.05, 0) is 69.6 Å². The van der Waals surface area contributed by atoms with E-state index in [1.54, 1.807) is 0 Å². The fraction of sp³-hybridized carbons (Fsp3) is 0.600. The number of fused-ring (bicyclic) bond motifs is 5. The number of nitrogens with one attached hydrogen (secondary N) is 1. The van der Waals surface area contributed by atoms with Crippen LogP contribution in [0.4, 0.5) is 0 Å². The van der Waals surface area contributed by atoms with E-state index in [0.717, 1.165) is 54.2 Å². The maximum absolute atomic E-state index is 13.0. The molecule has 1 aromatic carbocycles. The van der Waals surface area contributed by atoms with Gasteiger partial charge in [-0.25, -0.2) is 4.79 Å². The van der Waals surface area contributed by atoms with Crippen LogP contribution in [0.2, 0.25) is 0 Å². The first-order valence-corrected chi connectivity index (χ1v) is 11.9. The first-order chi connectivity index (χ1) is 15.5. The Kier molecular flexibility index (Phi) is 4.80. The van der Waals surface area contributed by atoms with Crippen LogP contribution >= 0.6 is 0 Å². The van der Waals surface area contributed by atoms with E-state index in [9.17, 15) is 9.59 Å². The van der Waals surface area contributed by atoms with E-state index in [4.69, 9.17) is 13.9 Å². The SMILES string of the molecule is Cc1c(OCC(=O)N2CCOC3(C[C@H]4CC[C@@H](C3)N4)C2)ccc2c3c(c(=O)oc12)CCC3. The number of carbonyl (C=O) groups is 1. The van der Waals surface area contributed by atoms with Crippen LogP contribution in [0, 0.1) is 6.92 Å². The minimum atomic E-state index is -0.240. The van der Waals surface area contributed by atoms with E-state index < -0.39 is 0 Å². The lowest BCUT2D eigenvalue weighted by molar-refractivity contribution is -0.159. The highest BCUT2D eigenvalue weighted by Gasteiger charge is 2.47. The van der Waals surface area contributed by atoms with Crippen LogP contribution < -0.4 is 15.7 Å². The van der Waals surface area contributed by atoms with E-state index in [1.807, 2.05) is 24.0 Å². The van der Waals surface area contributed by atoms with E-state index in [1.165, 1.54) is 12.8 Å². The van der Waals surface area contributed by atoms with E-state index in [2.05, 4.69) is 5.32 Å². The second kappa shape index (κ2) is 7.59. The molecule has 1 aromatic heterocycles. The summed E-state index contributed by atoms with van der Waals surface area (Å²) in [5.74, 6) is 0.572. The summed E-state index contributed by atoms with van der Waals surface area (Å²) >= 11 is 0. The third-order valence-electron chi connectivity index (χ3n) is 7.86. The Morgan fingerprint density at radius 1 is 1.22 bits per heavy atom. The van der Waals surface area contributed by atoms with Gasteiger partial charge in [-0.1, -0.05) is 0 Å². The highest BCUT2D eigenvalue weighted by Crippen LogP contribution is 2.38. The molecular weight excluding hydrogens is 408 g/mol. The number of hydrogen-bond donors (Lipinski definition) is 1. The molecule has 4 aliphatic rings. The number of rotatable bonds is 3. The summed E-state index contributed by atoms with van der Waals surface area (Å²) in [6.45, 7) is 3.69. The van der Waals surface area contributed by atoms with Crippen molar-refractivity contribution in [2.45, 2.75) is 69.6 Å². The maximum Gasteiger partial charge on any atom is 0.339 e.